The minimum atomic E-state index is -0.936. The fourth-order valence-corrected chi connectivity index (χ4v) is 1.77. The molecule has 0 bridgehead atoms. The Morgan fingerprint density at radius 2 is 2.25 bits per heavy atom. The van der Waals surface area contributed by atoms with Gasteiger partial charge in [-0.05, 0) is 40.8 Å². The lowest BCUT2D eigenvalue weighted by Crippen LogP contribution is -2.27. The number of hydrogen-bond acceptors (Lipinski definition) is 2. The lowest BCUT2D eigenvalue weighted by atomic mass is 10.2. The molecule has 0 fully saturated rings. The fourth-order valence-electron chi connectivity index (χ4n) is 1.05. The first-order valence-corrected chi connectivity index (χ1v) is 7.34. The van der Waals surface area contributed by atoms with Gasteiger partial charge in [0, 0.05) is 38.5 Å². The zero-order valence-electron chi connectivity index (χ0n) is 8.63. The van der Waals surface area contributed by atoms with E-state index < -0.39 is 16.6 Å². The Hall–Kier alpha value is -0.500. The van der Waals surface area contributed by atoms with E-state index in [1.807, 2.05) is 22.6 Å². The fraction of sp³-hybridized carbons (Fsp3) is 0.300. The number of benzene rings is 1. The van der Waals surface area contributed by atoms with Crippen LogP contribution < -0.4 is 5.32 Å². The van der Waals surface area contributed by atoms with Crippen LogP contribution in [0.3, 0.4) is 0 Å². The van der Waals surface area contributed by atoms with Crippen LogP contribution in [0, 0.1) is 9.39 Å². The van der Waals surface area contributed by atoms with E-state index in [0.29, 0.717) is 15.9 Å². The van der Waals surface area contributed by atoms with Gasteiger partial charge >= 0.3 is 0 Å². The first kappa shape index (κ1) is 13.6. The Labute approximate surface area is 109 Å². The van der Waals surface area contributed by atoms with Gasteiger partial charge in [-0.15, -0.1) is 0 Å². The van der Waals surface area contributed by atoms with E-state index in [2.05, 4.69) is 5.32 Å². The summed E-state index contributed by atoms with van der Waals surface area (Å²) in [6.07, 6.45) is 1.57. The van der Waals surface area contributed by atoms with Gasteiger partial charge in [-0.3, -0.25) is 9.00 Å². The highest BCUT2D eigenvalue weighted by Gasteiger charge is 2.07. The van der Waals surface area contributed by atoms with Crippen molar-refractivity contribution in [2.75, 3.05) is 18.6 Å². The summed E-state index contributed by atoms with van der Waals surface area (Å²) in [6, 6.07) is 4.30. The Balaban J connectivity index is 2.59. The number of nitrogens with one attached hydrogen (secondary N) is 1. The van der Waals surface area contributed by atoms with E-state index in [-0.39, 0.29) is 11.5 Å². The van der Waals surface area contributed by atoms with Gasteiger partial charge in [-0.1, -0.05) is 0 Å². The highest BCUT2D eigenvalue weighted by Crippen LogP contribution is 2.12. The summed E-state index contributed by atoms with van der Waals surface area (Å²) in [5, 5.41) is 2.58. The third-order valence-electron chi connectivity index (χ3n) is 1.86. The van der Waals surface area contributed by atoms with Crippen LogP contribution in [0.15, 0.2) is 18.2 Å². The average molecular weight is 355 g/mol. The van der Waals surface area contributed by atoms with Gasteiger partial charge in [0.1, 0.15) is 5.82 Å². The van der Waals surface area contributed by atoms with Gasteiger partial charge in [0.2, 0.25) is 0 Å². The highest BCUT2D eigenvalue weighted by atomic mass is 127. The van der Waals surface area contributed by atoms with Gasteiger partial charge in [-0.25, -0.2) is 4.39 Å². The van der Waals surface area contributed by atoms with Gasteiger partial charge in [-0.2, -0.15) is 0 Å². The maximum atomic E-state index is 13.2. The Bertz CT molecular complexity index is 425. The van der Waals surface area contributed by atoms with E-state index in [0.717, 1.165) is 0 Å². The molecule has 1 aromatic carbocycles. The number of carbonyl (C=O) groups is 1. The first-order valence-electron chi connectivity index (χ1n) is 4.54. The van der Waals surface area contributed by atoms with Crippen LogP contribution in [-0.4, -0.2) is 28.7 Å². The zero-order valence-corrected chi connectivity index (χ0v) is 11.6. The van der Waals surface area contributed by atoms with E-state index in [1.54, 1.807) is 18.4 Å². The van der Waals surface area contributed by atoms with Crippen molar-refractivity contribution in [1.82, 2.24) is 5.32 Å². The molecule has 0 radical (unpaired) electrons. The van der Waals surface area contributed by atoms with E-state index in [9.17, 15) is 13.4 Å². The molecule has 3 nitrogen and oxygen atoms in total. The Morgan fingerprint density at radius 1 is 1.56 bits per heavy atom. The number of carbonyl (C=O) groups excluding carboxylic acids is 1. The number of rotatable bonds is 4. The Morgan fingerprint density at radius 3 is 2.81 bits per heavy atom. The van der Waals surface area contributed by atoms with Crippen molar-refractivity contribution in [2.24, 2.45) is 0 Å². The summed E-state index contributed by atoms with van der Waals surface area (Å²) in [6.45, 7) is 0.329. The lowest BCUT2D eigenvalue weighted by molar-refractivity contribution is 0.0955. The SMILES string of the molecule is CS(=O)CCNC(=O)c1ccc(I)c(F)c1. The third kappa shape index (κ3) is 4.17. The van der Waals surface area contributed by atoms with Crippen LogP contribution in [0.25, 0.3) is 0 Å². The van der Waals surface area contributed by atoms with E-state index in [1.165, 1.54) is 6.07 Å². The average Bonchev–Trinajstić information content (AvgIpc) is 2.21. The number of halogens is 2. The predicted molar refractivity (Wildman–Crippen MR) is 70.4 cm³/mol. The first-order chi connectivity index (χ1) is 7.50. The summed E-state index contributed by atoms with van der Waals surface area (Å²) in [5.74, 6) is -0.355. The van der Waals surface area contributed by atoms with Gasteiger partial charge < -0.3 is 5.32 Å². The standard InChI is InChI=1S/C10H11FINO2S/c1-16(15)5-4-13-10(14)7-2-3-9(12)8(11)6-7/h2-3,6H,4-5H2,1H3,(H,13,14). The van der Waals surface area contributed by atoms with Crippen molar-refractivity contribution in [3.63, 3.8) is 0 Å². The minimum Gasteiger partial charge on any atom is -0.351 e. The smallest absolute Gasteiger partial charge is 0.251 e. The molecule has 1 atom stereocenters. The van der Waals surface area contributed by atoms with Crippen LogP contribution >= 0.6 is 22.6 Å². The highest BCUT2D eigenvalue weighted by molar-refractivity contribution is 14.1. The molecule has 1 unspecified atom stereocenters. The monoisotopic (exact) mass is 355 g/mol. The summed E-state index contributed by atoms with van der Waals surface area (Å²) < 4.78 is 24.4. The molecule has 0 aliphatic heterocycles. The van der Waals surface area contributed by atoms with Crippen molar-refractivity contribution in [3.05, 3.63) is 33.1 Å². The van der Waals surface area contributed by atoms with Crippen LogP contribution in [0.5, 0.6) is 0 Å². The molecule has 1 amide bonds. The molecular formula is C10H11FINO2S. The number of hydrogen-bond donors (Lipinski definition) is 1. The van der Waals surface area contributed by atoms with Gasteiger partial charge in [0.25, 0.3) is 5.91 Å². The second kappa shape index (κ2) is 6.29. The molecule has 1 rings (SSSR count). The third-order valence-corrected chi connectivity index (χ3v) is 3.51. The van der Waals surface area contributed by atoms with E-state index >= 15 is 0 Å². The normalized spacial score (nSPS) is 12.2. The molecule has 0 aliphatic carbocycles. The number of amides is 1. The second-order valence-electron chi connectivity index (χ2n) is 3.16. The van der Waals surface area contributed by atoms with Crippen LogP contribution in [0.1, 0.15) is 10.4 Å². The topological polar surface area (TPSA) is 46.2 Å². The maximum Gasteiger partial charge on any atom is 0.251 e. The molecule has 0 spiro atoms. The summed E-state index contributed by atoms with van der Waals surface area (Å²) >= 11 is 1.85. The quantitative estimate of drug-likeness (QED) is 0.833. The van der Waals surface area contributed by atoms with Gasteiger partial charge in [0.15, 0.2) is 0 Å². The molecule has 0 aliphatic rings. The molecule has 1 aromatic rings. The van der Waals surface area contributed by atoms with Crippen LogP contribution in [-0.2, 0) is 10.8 Å². The molecule has 0 heterocycles. The van der Waals surface area contributed by atoms with Crippen molar-refractivity contribution in [3.8, 4) is 0 Å². The van der Waals surface area contributed by atoms with Crippen LogP contribution in [0.2, 0.25) is 0 Å². The lowest BCUT2D eigenvalue weighted by Gasteiger charge is -2.04. The maximum absolute atomic E-state index is 13.2. The van der Waals surface area contributed by atoms with Crippen molar-refractivity contribution in [1.29, 1.82) is 0 Å². The van der Waals surface area contributed by atoms with Crippen molar-refractivity contribution >= 4 is 39.3 Å². The molecule has 0 aromatic heterocycles. The Kier molecular flexibility index (Phi) is 5.33. The molecule has 0 saturated heterocycles. The van der Waals surface area contributed by atoms with E-state index in [4.69, 9.17) is 0 Å². The second-order valence-corrected chi connectivity index (χ2v) is 5.88. The minimum absolute atomic E-state index is 0.278. The molecule has 6 heteroatoms. The molecule has 1 N–H and O–H groups in total. The molecular weight excluding hydrogens is 344 g/mol. The van der Waals surface area contributed by atoms with Crippen molar-refractivity contribution < 1.29 is 13.4 Å². The molecule has 88 valence electrons. The predicted octanol–water partition coefficient (Wildman–Crippen LogP) is 1.54. The summed E-state index contributed by atoms with van der Waals surface area (Å²) in [4.78, 5) is 11.5. The zero-order chi connectivity index (χ0) is 12.1. The largest absolute Gasteiger partial charge is 0.351 e. The van der Waals surface area contributed by atoms with Crippen LogP contribution in [0.4, 0.5) is 4.39 Å². The summed E-state index contributed by atoms with van der Waals surface area (Å²) in [5.41, 5.74) is 0.278. The molecule has 16 heavy (non-hydrogen) atoms. The van der Waals surface area contributed by atoms with Gasteiger partial charge in [0.05, 0.1) is 0 Å². The molecule has 0 saturated carbocycles. The summed E-state index contributed by atoms with van der Waals surface area (Å²) in [7, 11) is -0.936. The van der Waals surface area contributed by atoms with Crippen molar-refractivity contribution in [2.45, 2.75) is 0 Å².